The van der Waals surface area contributed by atoms with E-state index in [2.05, 4.69) is 59.3 Å². The molecule has 0 unspecified atom stereocenters. The lowest BCUT2D eigenvalue weighted by Crippen LogP contribution is -2.21. The quantitative estimate of drug-likeness (QED) is 0.845. The molecule has 0 radical (unpaired) electrons. The molecule has 0 fully saturated rings. The van der Waals surface area contributed by atoms with Crippen LogP contribution in [0.5, 0.6) is 0 Å². The molecule has 1 aromatic heterocycles. The first-order valence-corrected chi connectivity index (χ1v) is 6.51. The summed E-state index contributed by atoms with van der Waals surface area (Å²) in [6.45, 7) is 7.19. The van der Waals surface area contributed by atoms with Gasteiger partial charge in [-0.05, 0) is 24.1 Å². The lowest BCUT2D eigenvalue weighted by molar-refractivity contribution is 0.529. The molecule has 0 aliphatic heterocycles. The summed E-state index contributed by atoms with van der Waals surface area (Å²) in [5.41, 5.74) is 2.52. The molecule has 1 heterocycles. The Morgan fingerprint density at radius 2 is 1.94 bits per heavy atom. The lowest BCUT2D eigenvalue weighted by Gasteiger charge is -2.10. The van der Waals surface area contributed by atoms with Gasteiger partial charge in [-0.15, -0.1) is 0 Å². The zero-order valence-electron chi connectivity index (χ0n) is 11.1. The van der Waals surface area contributed by atoms with Gasteiger partial charge < -0.3 is 5.32 Å². The van der Waals surface area contributed by atoms with Crippen LogP contribution in [0.2, 0.25) is 0 Å². The molecule has 0 bridgehead atoms. The van der Waals surface area contributed by atoms with Crippen molar-refractivity contribution in [1.29, 1.82) is 0 Å². The third-order valence-corrected chi connectivity index (χ3v) is 2.84. The molecule has 2 rings (SSSR count). The number of hydrogen-bond acceptors (Lipinski definition) is 2. The van der Waals surface area contributed by atoms with Crippen LogP contribution in [0.3, 0.4) is 0 Å². The first-order valence-electron chi connectivity index (χ1n) is 6.51. The van der Waals surface area contributed by atoms with Gasteiger partial charge in [0.05, 0.1) is 12.2 Å². The minimum atomic E-state index is 0.676. The van der Waals surface area contributed by atoms with Crippen molar-refractivity contribution in [2.75, 3.05) is 6.54 Å². The van der Waals surface area contributed by atoms with Gasteiger partial charge in [-0.1, -0.05) is 44.2 Å². The molecule has 0 amide bonds. The largest absolute Gasteiger partial charge is 0.311 e. The van der Waals surface area contributed by atoms with E-state index in [1.807, 2.05) is 12.3 Å². The molecular formula is C15H21N3. The Morgan fingerprint density at radius 3 is 2.67 bits per heavy atom. The van der Waals surface area contributed by atoms with E-state index in [1.165, 1.54) is 11.3 Å². The highest BCUT2D eigenvalue weighted by atomic mass is 15.3. The van der Waals surface area contributed by atoms with Crippen molar-refractivity contribution in [3.8, 4) is 0 Å². The Morgan fingerprint density at radius 1 is 1.17 bits per heavy atom. The van der Waals surface area contributed by atoms with Crippen molar-refractivity contribution in [2.24, 2.45) is 5.92 Å². The van der Waals surface area contributed by atoms with Gasteiger partial charge in [-0.25, -0.2) is 0 Å². The Labute approximate surface area is 109 Å². The fraction of sp³-hybridized carbons (Fsp3) is 0.400. The van der Waals surface area contributed by atoms with Crippen LogP contribution in [0.1, 0.15) is 25.1 Å². The number of rotatable bonds is 6. The van der Waals surface area contributed by atoms with Crippen LogP contribution in [0.15, 0.2) is 42.6 Å². The first kappa shape index (κ1) is 12.8. The lowest BCUT2D eigenvalue weighted by atomic mass is 10.2. The summed E-state index contributed by atoms with van der Waals surface area (Å²) in [5, 5.41) is 7.84. The van der Waals surface area contributed by atoms with Crippen LogP contribution in [0.4, 0.5) is 0 Å². The van der Waals surface area contributed by atoms with E-state index in [0.717, 1.165) is 19.6 Å². The smallest absolute Gasteiger partial charge is 0.0663 e. The molecule has 0 aliphatic carbocycles. The van der Waals surface area contributed by atoms with Crippen molar-refractivity contribution in [3.63, 3.8) is 0 Å². The van der Waals surface area contributed by atoms with Gasteiger partial charge in [0, 0.05) is 12.7 Å². The van der Waals surface area contributed by atoms with E-state index < -0.39 is 0 Å². The zero-order valence-corrected chi connectivity index (χ0v) is 11.1. The standard InChI is InChI=1S/C15H21N3/c1-13(2)10-16-11-15-8-9-17-18(15)12-14-6-4-3-5-7-14/h3-9,13,16H,10-12H2,1-2H3. The number of hydrogen-bond donors (Lipinski definition) is 1. The summed E-state index contributed by atoms with van der Waals surface area (Å²) < 4.78 is 2.06. The van der Waals surface area contributed by atoms with Crippen molar-refractivity contribution in [1.82, 2.24) is 15.1 Å². The van der Waals surface area contributed by atoms with Gasteiger partial charge in [0.1, 0.15) is 0 Å². The topological polar surface area (TPSA) is 29.9 Å². The van der Waals surface area contributed by atoms with Crippen LogP contribution in [0.25, 0.3) is 0 Å². The molecule has 0 spiro atoms. The van der Waals surface area contributed by atoms with Gasteiger partial charge in [0.15, 0.2) is 0 Å². The third-order valence-electron chi connectivity index (χ3n) is 2.84. The zero-order chi connectivity index (χ0) is 12.8. The molecule has 96 valence electrons. The van der Waals surface area contributed by atoms with Gasteiger partial charge >= 0.3 is 0 Å². The summed E-state index contributed by atoms with van der Waals surface area (Å²) in [7, 11) is 0. The van der Waals surface area contributed by atoms with Crippen molar-refractivity contribution >= 4 is 0 Å². The van der Waals surface area contributed by atoms with Gasteiger partial charge in [-0.3, -0.25) is 4.68 Å². The summed E-state index contributed by atoms with van der Waals surface area (Å²) >= 11 is 0. The van der Waals surface area contributed by atoms with Crippen LogP contribution in [-0.2, 0) is 13.1 Å². The first-order chi connectivity index (χ1) is 8.75. The number of benzene rings is 1. The van der Waals surface area contributed by atoms with Crippen LogP contribution in [-0.4, -0.2) is 16.3 Å². The highest BCUT2D eigenvalue weighted by molar-refractivity contribution is 5.16. The summed E-state index contributed by atoms with van der Waals surface area (Å²) in [5.74, 6) is 0.676. The summed E-state index contributed by atoms with van der Waals surface area (Å²) in [6, 6.07) is 12.5. The van der Waals surface area contributed by atoms with E-state index in [-0.39, 0.29) is 0 Å². The van der Waals surface area contributed by atoms with Crippen LogP contribution in [0, 0.1) is 5.92 Å². The molecule has 3 heteroatoms. The summed E-state index contributed by atoms with van der Waals surface area (Å²) in [6.07, 6.45) is 1.87. The Hall–Kier alpha value is -1.61. The molecule has 1 aromatic carbocycles. The predicted molar refractivity (Wildman–Crippen MR) is 74.3 cm³/mol. The number of nitrogens with zero attached hydrogens (tertiary/aromatic N) is 2. The normalized spacial score (nSPS) is 11.1. The monoisotopic (exact) mass is 243 g/mol. The summed E-state index contributed by atoms with van der Waals surface area (Å²) in [4.78, 5) is 0. The van der Waals surface area contributed by atoms with E-state index in [0.29, 0.717) is 5.92 Å². The minimum Gasteiger partial charge on any atom is -0.311 e. The average Bonchev–Trinajstić information content (AvgIpc) is 2.78. The molecule has 0 aliphatic rings. The van der Waals surface area contributed by atoms with Gasteiger partial charge in [-0.2, -0.15) is 5.10 Å². The molecule has 2 aromatic rings. The van der Waals surface area contributed by atoms with E-state index in [1.54, 1.807) is 0 Å². The highest BCUT2D eigenvalue weighted by Gasteiger charge is 2.03. The molecule has 0 saturated heterocycles. The van der Waals surface area contributed by atoms with Gasteiger partial charge in [0.25, 0.3) is 0 Å². The van der Waals surface area contributed by atoms with Crippen LogP contribution < -0.4 is 5.32 Å². The molecule has 0 saturated carbocycles. The second kappa shape index (κ2) is 6.36. The Kier molecular flexibility index (Phi) is 4.53. The Balaban J connectivity index is 1.95. The average molecular weight is 243 g/mol. The van der Waals surface area contributed by atoms with E-state index in [9.17, 15) is 0 Å². The van der Waals surface area contributed by atoms with E-state index >= 15 is 0 Å². The Bertz CT molecular complexity index is 460. The van der Waals surface area contributed by atoms with Crippen molar-refractivity contribution in [2.45, 2.75) is 26.9 Å². The van der Waals surface area contributed by atoms with Crippen molar-refractivity contribution < 1.29 is 0 Å². The number of nitrogens with one attached hydrogen (secondary N) is 1. The second-order valence-corrected chi connectivity index (χ2v) is 4.99. The SMILES string of the molecule is CC(C)CNCc1ccnn1Cc1ccccc1. The van der Waals surface area contributed by atoms with E-state index in [4.69, 9.17) is 0 Å². The maximum atomic E-state index is 4.39. The maximum absolute atomic E-state index is 4.39. The maximum Gasteiger partial charge on any atom is 0.0663 e. The second-order valence-electron chi connectivity index (χ2n) is 4.99. The molecule has 1 N–H and O–H groups in total. The molecular weight excluding hydrogens is 222 g/mol. The van der Waals surface area contributed by atoms with Gasteiger partial charge in [0.2, 0.25) is 0 Å². The number of aromatic nitrogens is 2. The highest BCUT2D eigenvalue weighted by Crippen LogP contribution is 2.05. The fourth-order valence-electron chi connectivity index (χ4n) is 1.90. The molecule has 0 atom stereocenters. The predicted octanol–water partition coefficient (Wildman–Crippen LogP) is 2.68. The fourth-order valence-corrected chi connectivity index (χ4v) is 1.90. The molecule has 18 heavy (non-hydrogen) atoms. The van der Waals surface area contributed by atoms with Crippen LogP contribution >= 0.6 is 0 Å². The minimum absolute atomic E-state index is 0.676. The third kappa shape index (κ3) is 3.70. The molecule has 3 nitrogen and oxygen atoms in total. The van der Waals surface area contributed by atoms with Crippen molar-refractivity contribution in [3.05, 3.63) is 53.9 Å².